The Kier molecular flexibility index (Phi) is 10.1. The second kappa shape index (κ2) is 11.5. The van der Waals surface area contributed by atoms with Crippen LogP contribution in [-0.2, 0) is 23.1 Å². The Morgan fingerprint density at radius 2 is 1.59 bits per heavy atom. The summed E-state index contributed by atoms with van der Waals surface area (Å²) in [5, 5.41) is 6.42. The summed E-state index contributed by atoms with van der Waals surface area (Å²) >= 11 is 0. The number of nitrogens with zero attached hydrogens (tertiary/aromatic N) is 1. The van der Waals surface area contributed by atoms with Gasteiger partial charge in [-0.2, -0.15) is 0 Å². The van der Waals surface area contributed by atoms with Gasteiger partial charge in [0.25, 0.3) is 0 Å². The number of hydrogen-bond acceptors (Lipinski definition) is 3. The van der Waals surface area contributed by atoms with Crippen molar-refractivity contribution in [3.05, 3.63) is 65.7 Å². The molecule has 3 N–H and O–H groups in total. The molecule has 2 aromatic rings. The first-order valence-corrected chi connectivity index (χ1v) is 10.9. The maximum atomic E-state index is 12.8. The molecule has 0 aliphatic rings. The molecule has 0 fully saturated rings. The molecule has 2 rings (SSSR count). The summed E-state index contributed by atoms with van der Waals surface area (Å²) in [6.07, 6.45) is 0. The van der Waals surface area contributed by atoms with Crippen molar-refractivity contribution in [3.63, 3.8) is 0 Å². The van der Waals surface area contributed by atoms with E-state index in [-0.39, 0.29) is 28.9 Å². The van der Waals surface area contributed by atoms with Gasteiger partial charge in [-0.25, -0.2) is 18.1 Å². The molecule has 160 valence electrons. The first-order chi connectivity index (χ1) is 13.2. The standard InChI is InChI=1S/C21H30N4O2S.HI/c1-5-22-20(23-15-17-11-7-6-8-12-17)24-16-18-13-9-10-14-19(18)28(26,27)25-21(2,3)4;/h6-14,25H,5,15-16H2,1-4H3,(H2,22,23,24);1H. The lowest BCUT2D eigenvalue weighted by atomic mass is 10.1. The van der Waals surface area contributed by atoms with Crippen LogP contribution in [0.4, 0.5) is 0 Å². The second-order valence-electron chi connectivity index (χ2n) is 7.50. The third-order valence-electron chi connectivity index (χ3n) is 3.76. The van der Waals surface area contributed by atoms with Gasteiger partial charge in [0.2, 0.25) is 10.0 Å². The fraction of sp³-hybridized carbons (Fsp3) is 0.381. The molecule has 0 aromatic heterocycles. The van der Waals surface area contributed by atoms with Crippen molar-refractivity contribution >= 4 is 40.0 Å². The molecular weight excluding hydrogens is 499 g/mol. The Morgan fingerprint density at radius 1 is 0.966 bits per heavy atom. The molecule has 0 bridgehead atoms. The van der Waals surface area contributed by atoms with Crippen LogP contribution in [0.3, 0.4) is 0 Å². The van der Waals surface area contributed by atoms with Crippen LogP contribution in [0.15, 0.2) is 64.5 Å². The van der Waals surface area contributed by atoms with E-state index in [2.05, 4.69) is 20.3 Å². The Hall–Kier alpha value is -1.65. The van der Waals surface area contributed by atoms with Gasteiger partial charge in [-0.15, -0.1) is 24.0 Å². The zero-order chi connectivity index (χ0) is 20.6. The van der Waals surface area contributed by atoms with Crippen LogP contribution in [0, 0.1) is 0 Å². The molecule has 0 saturated carbocycles. The van der Waals surface area contributed by atoms with Crippen molar-refractivity contribution in [3.8, 4) is 0 Å². The molecule has 0 saturated heterocycles. The highest BCUT2D eigenvalue weighted by Gasteiger charge is 2.24. The third kappa shape index (κ3) is 8.71. The zero-order valence-electron chi connectivity index (χ0n) is 17.4. The predicted octanol–water partition coefficient (Wildman–Crippen LogP) is 3.64. The Balaban J connectivity index is 0.00000420. The quantitative estimate of drug-likeness (QED) is 0.290. The fourth-order valence-corrected chi connectivity index (χ4v) is 4.30. The molecule has 0 spiro atoms. The molecule has 0 aliphatic carbocycles. The van der Waals surface area contributed by atoms with Gasteiger partial charge < -0.3 is 10.6 Å². The maximum absolute atomic E-state index is 12.8. The Bertz CT molecular complexity index is 894. The van der Waals surface area contributed by atoms with Crippen LogP contribution in [0.2, 0.25) is 0 Å². The molecule has 0 amide bonds. The summed E-state index contributed by atoms with van der Waals surface area (Å²) in [6, 6.07) is 17.0. The SMILES string of the molecule is CCNC(=NCc1ccccc1)NCc1ccccc1S(=O)(=O)NC(C)(C)C.I. The van der Waals surface area contributed by atoms with Crippen LogP contribution in [0.25, 0.3) is 0 Å². The predicted molar refractivity (Wildman–Crippen MR) is 130 cm³/mol. The fourth-order valence-electron chi connectivity index (χ4n) is 2.64. The lowest BCUT2D eigenvalue weighted by Gasteiger charge is -2.22. The third-order valence-corrected chi connectivity index (χ3v) is 5.61. The molecule has 0 heterocycles. The van der Waals surface area contributed by atoms with E-state index < -0.39 is 15.6 Å². The summed E-state index contributed by atoms with van der Waals surface area (Å²) in [7, 11) is -3.61. The highest BCUT2D eigenvalue weighted by molar-refractivity contribution is 14.0. The number of hydrogen-bond donors (Lipinski definition) is 3. The van der Waals surface area contributed by atoms with Gasteiger partial charge in [0, 0.05) is 18.6 Å². The van der Waals surface area contributed by atoms with E-state index in [1.165, 1.54) is 0 Å². The molecule has 8 heteroatoms. The van der Waals surface area contributed by atoms with Crippen LogP contribution < -0.4 is 15.4 Å². The van der Waals surface area contributed by atoms with Crippen LogP contribution in [0.5, 0.6) is 0 Å². The number of aliphatic imine (C=N–C) groups is 1. The van der Waals surface area contributed by atoms with Crippen molar-refractivity contribution in [1.29, 1.82) is 0 Å². The highest BCUT2D eigenvalue weighted by Crippen LogP contribution is 2.17. The van der Waals surface area contributed by atoms with Gasteiger partial charge >= 0.3 is 0 Å². The van der Waals surface area contributed by atoms with Gasteiger partial charge in [0.05, 0.1) is 11.4 Å². The summed E-state index contributed by atoms with van der Waals surface area (Å²) < 4.78 is 28.2. The zero-order valence-corrected chi connectivity index (χ0v) is 20.5. The van der Waals surface area contributed by atoms with Gasteiger partial charge in [0.1, 0.15) is 0 Å². The first-order valence-electron chi connectivity index (χ1n) is 9.39. The number of rotatable bonds is 7. The van der Waals surface area contributed by atoms with E-state index in [0.29, 0.717) is 31.2 Å². The minimum Gasteiger partial charge on any atom is -0.357 e. The maximum Gasteiger partial charge on any atom is 0.241 e. The van der Waals surface area contributed by atoms with Gasteiger partial charge in [-0.3, -0.25) is 0 Å². The Morgan fingerprint density at radius 3 is 2.21 bits per heavy atom. The van der Waals surface area contributed by atoms with Crippen LogP contribution >= 0.6 is 24.0 Å². The van der Waals surface area contributed by atoms with Crippen LogP contribution in [0.1, 0.15) is 38.8 Å². The minimum atomic E-state index is -3.61. The average molecular weight is 530 g/mol. The van der Waals surface area contributed by atoms with Crippen molar-refractivity contribution in [2.45, 2.75) is 51.2 Å². The largest absolute Gasteiger partial charge is 0.357 e. The first kappa shape index (κ1) is 25.4. The van der Waals surface area contributed by atoms with Gasteiger partial charge in [0.15, 0.2) is 5.96 Å². The van der Waals surface area contributed by atoms with Crippen molar-refractivity contribution in [2.24, 2.45) is 4.99 Å². The van der Waals surface area contributed by atoms with E-state index in [9.17, 15) is 8.42 Å². The topological polar surface area (TPSA) is 82.6 Å². The van der Waals surface area contributed by atoms with Crippen LogP contribution in [-0.4, -0.2) is 26.5 Å². The molecule has 6 nitrogen and oxygen atoms in total. The highest BCUT2D eigenvalue weighted by atomic mass is 127. The summed E-state index contributed by atoms with van der Waals surface area (Å²) in [5.41, 5.74) is 1.24. The molecule has 2 aromatic carbocycles. The number of nitrogens with one attached hydrogen (secondary N) is 3. The van der Waals surface area contributed by atoms with Gasteiger partial charge in [-0.05, 0) is 44.9 Å². The van der Waals surface area contributed by atoms with E-state index in [1.807, 2.05) is 70.2 Å². The number of benzene rings is 2. The Labute approximate surface area is 191 Å². The van der Waals surface area contributed by atoms with E-state index in [0.717, 1.165) is 5.56 Å². The normalized spacial score (nSPS) is 12.2. The molecule has 0 aliphatic heterocycles. The molecule has 0 radical (unpaired) electrons. The van der Waals surface area contributed by atoms with E-state index in [4.69, 9.17) is 0 Å². The summed E-state index contributed by atoms with van der Waals surface area (Å²) in [5.74, 6) is 0.641. The van der Waals surface area contributed by atoms with Crippen molar-refractivity contribution < 1.29 is 8.42 Å². The summed E-state index contributed by atoms with van der Waals surface area (Å²) in [4.78, 5) is 4.85. The number of sulfonamides is 1. The monoisotopic (exact) mass is 530 g/mol. The lowest BCUT2D eigenvalue weighted by Crippen LogP contribution is -2.41. The smallest absolute Gasteiger partial charge is 0.241 e. The average Bonchev–Trinajstić information content (AvgIpc) is 2.63. The molecular formula is C21H31IN4O2S. The molecule has 29 heavy (non-hydrogen) atoms. The van der Waals surface area contributed by atoms with E-state index >= 15 is 0 Å². The molecule has 0 unspecified atom stereocenters. The van der Waals surface area contributed by atoms with E-state index in [1.54, 1.807) is 12.1 Å². The number of halogens is 1. The minimum absolute atomic E-state index is 0. The lowest BCUT2D eigenvalue weighted by molar-refractivity contribution is 0.491. The molecule has 0 atom stereocenters. The van der Waals surface area contributed by atoms with Crippen molar-refractivity contribution in [1.82, 2.24) is 15.4 Å². The summed E-state index contributed by atoms with van der Waals surface area (Å²) in [6.45, 7) is 9.07. The number of guanidine groups is 1. The van der Waals surface area contributed by atoms with Crippen molar-refractivity contribution in [2.75, 3.05) is 6.54 Å². The second-order valence-corrected chi connectivity index (χ2v) is 9.15. The van der Waals surface area contributed by atoms with Gasteiger partial charge in [-0.1, -0.05) is 48.5 Å².